The molecule has 3 rings (SSSR count). The van der Waals surface area contributed by atoms with Gasteiger partial charge in [-0.25, -0.2) is 12.8 Å². The van der Waals surface area contributed by atoms with E-state index in [-0.39, 0.29) is 16.7 Å². The lowest BCUT2D eigenvalue weighted by Gasteiger charge is -2.61. The van der Waals surface area contributed by atoms with Crippen molar-refractivity contribution >= 4 is 15.5 Å². The average Bonchev–Trinajstić information content (AvgIpc) is 2.37. The Morgan fingerprint density at radius 2 is 2.13 bits per heavy atom. The molecule has 0 aromatic heterocycles. The van der Waals surface area contributed by atoms with E-state index in [1.165, 1.54) is 12.5 Å². The number of halogens is 1. The number of ether oxygens (including phenoxy) is 1. The van der Waals surface area contributed by atoms with E-state index < -0.39 is 15.7 Å². The molecule has 2 fully saturated rings. The third-order valence-corrected chi connectivity index (χ3v) is 6.08. The number of hydrogen-bond donors (Lipinski definition) is 1. The van der Waals surface area contributed by atoms with Gasteiger partial charge in [-0.1, -0.05) is 12.5 Å². The van der Waals surface area contributed by atoms with E-state index in [4.69, 9.17) is 4.74 Å². The SMILES string of the molecule is CCO[C@H]1C[C@H](Nc2ccc(CS(C)(=O)=O)c(F)c2)C12CCC2. The Hall–Kier alpha value is -1.14. The van der Waals surface area contributed by atoms with Gasteiger partial charge in [0, 0.05) is 35.6 Å². The number of nitrogens with one attached hydrogen (secondary N) is 1. The lowest BCUT2D eigenvalue weighted by molar-refractivity contribution is -0.157. The summed E-state index contributed by atoms with van der Waals surface area (Å²) in [4.78, 5) is 0. The number of rotatable bonds is 6. The summed E-state index contributed by atoms with van der Waals surface area (Å²) in [5.41, 5.74) is 1.14. The molecule has 1 aromatic carbocycles. The summed E-state index contributed by atoms with van der Waals surface area (Å²) >= 11 is 0. The summed E-state index contributed by atoms with van der Waals surface area (Å²) < 4.78 is 42.5. The van der Waals surface area contributed by atoms with Crippen LogP contribution in [0.3, 0.4) is 0 Å². The molecule has 1 spiro atoms. The van der Waals surface area contributed by atoms with Crippen molar-refractivity contribution in [1.29, 1.82) is 0 Å². The highest BCUT2D eigenvalue weighted by molar-refractivity contribution is 7.89. The van der Waals surface area contributed by atoms with E-state index >= 15 is 0 Å². The van der Waals surface area contributed by atoms with Gasteiger partial charge in [-0.2, -0.15) is 0 Å². The first-order chi connectivity index (χ1) is 10.8. The standard InChI is InChI=1S/C17H24FNO3S/c1-3-22-16-10-15(17(16)7-4-8-17)19-13-6-5-12(14(18)9-13)11-23(2,20)21/h5-6,9,15-16,19H,3-4,7-8,10-11H2,1-2H3/t15-,16-/m0/s1. The van der Waals surface area contributed by atoms with Gasteiger partial charge in [0.2, 0.25) is 0 Å². The Morgan fingerprint density at radius 3 is 2.65 bits per heavy atom. The molecule has 2 aliphatic rings. The predicted molar refractivity (Wildman–Crippen MR) is 88.7 cm³/mol. The molecular weight excluding hydrogens is 317 g/mol. The molecule has 1 aromatic rings. The maximum atomic E-state index is 14.1. The fourth-order valence-electron chi connectivity index (χ4n) is 3.88. The highest BCUT2D eigenvalue weighted by Gasteiger charge is 2.58. The molecule has 0 heterocycles. The molecule has 1 N–H and O–H groups in total. The van der Waals surface area contributed by atoms with Crippen molar-refractivity contribution < 1.29 is 17.5 Å². The lowest BCUT2D eigenvalue weighted by atomic mass is 9.51. The second-order valence-electron chi connectivity index (χ2n) is 6.84. The van der Waals surface area contributed by atoms with Gasteiger partial charge in [-0.3, -0.25) is 0 Å². The Balaban J connectivity index is 1.68. The largest absolute Gasteiger partial charge is 0.381 e. The molecule has 2 atom stereocenters. The maximum absolute atomic E-state index is 14.1. The third kappa shape index (κ3) is 3.24. The number of anilines is 1. The minimum Gasteiger partial charge on any atom is -0.381 e. The van der Waals surface area contributed by atoms with Crippen LogP contribution in [0.4, 0.5) is 10.1 Å². The van der Waals surface area contributed by atoms with Crippen LogP contribution in [0.1, 0.15) is 38.2 Å². The van der Waals surface area contributed by atoms with Crippen molar-refractivity contribution in [2.24, 2.45) is 5.41 Å². The average molecular weight is 341 g/mol. The van der Waals surface area contributed by atoms with Crippen LogP contribution in [-0.4, -0.2) is 33.4 Å². The summed E-state index contributed by atoms with van der Waals surface area (Å²) in [6, 6.07) is 5.04. The highest BCUT2D eigenvalue weighted by atomic mass is 32.2. The second-order valence-corrected chi connectivity index (χ2v) is 8.98. The zero-order chi connectivity index (χ0) is 16.7. The fraction of sp³-hybridized carbons (Fsp3) is 0.647. The molecule has 2 saturated carbocycles. The van der Waals surface area contributed by atoms with E-state index in [0.717, 1.165) is 32.1 Å². The van der Waals surface area contributed by atoms with Crippen molar-refractivity contribution in [2.75, 3.05) is 18.2 Å². The van der Waals surface area contributed by atoms with Crippen LogP contribution in [0.15, 0.2) is 18.2 Å². The Morgan fingerprint density at radius 1 is 1.39 bits per heavy atom. The number of sulfone groups is 1. The maximum Gasteiger partial charge on any atom is 0.151 e. The van der Waals surface area contributed by atoms with Gasteiger partial charge in [-0.15, -0.1) is 0 Å². The second kappa shape index (κ2) is 6.06. The first-order valence-corrected chi connectivity index (χ1v) is 10.2. The van der Waals surface area contributed by atoms with Crippen molar-refractivity contribution in [3.8, 4) is 0 Å². The third-order valence-electron chi connectivity index (χ3n) is 5.25. The zero-order valence-electron chi connectivity index (χ0n) is 13.6. The topological polar surface area (TPSA) is 55.4 Å². The molecule has 6 heteroatoms. The minimum atomic E-state index is -3.23. The summed E-state index contributed by atoms with van der Waals surface area (Å²) in [6.45, 7) is 2.75. The quantitative estimate of drug-likeness (QED) is 0.864. The zero-order valence-corrected chi connectivity index (χ0v) is 14.5. The monoisotopic (exact) mass is 341 g/mol. The molecule has 0 radical (unpaired) electrons. The number of benzene rings is 1. The van der Waals surface area contributed by atoms with Gasteiger partial charge in [0.05, 0.1) is 11.9 Å². The van der Waals surface area contributed by atoms with Crippen LogP contribution >= 0.6 is 0 Å². The van der Waals surface area contributed by atoms with Crippen molar-refractivity contribution in [3.63, 3.8) is 0 Å². The van der Waals surface area contributed by atoms with E-state index in [9.17, 15) is 12.8 Å². The van der Waals surface area contributed by atoms with Gasteiger partial charge >= 0.3 is 0 Å². The lowest BCUT2D eigenvalue weighted by Crippen LogP contribution is -2.64. The predicted octanol–water partition coefficient (Wildman–Crippen LogP) is 3.13. The normalized spacial score (nSPS) is 25.7. The summed E-state index contributed by atoms with van der Waals surface area (Å²) in [5.74, 6) is -0.734. The van der Waals surface area contributed by atoms with E-state index in [0.29, 0.717) is 17.8 Å². The van der Waals surface area contributed by atoms with Gasteiger partial charge in [-0.05, 0) is 38.3 Å². The molecule has 0 bridgehead atoms. The molecule has 23 heavy (non-hydrogen) atoms. The Kier molecular flexibility index (Phi) is 4.40. The molecule has 128 valence electrons. The van der Waals surface area contributed by atoms with Crippen molar-refractivity contribution in [2.45, 2.75) is 50.5 Å². The number of hydrogen-bond acceptors (Lipinski definition) is 4. The molecule has 0 aliphatic heterocycles. The van der Waals surface area contributed by atoms with Gasteiger partial charge in [0.25, 0.3) is 0 Å². The minimum absolute atomic E-state index is 0.206. The van der Waals surface area contributed by atoms with Crippen LogP contribution in [0.5, 0.6) is 0 Å². The fourth-order valence-corrected chi connectivity index (χ4v) is 4.68. The van der Waals surface area contributed by atoms with Crippen LogP contribution < -0.4 is 5.32 Å². The Labute approximate surface area is 137 Å². The summed E-state index contributed by atoms with van der Waals surface area (Å²) in [7, 11) is -3.23. The smallest absolute Gasteiger partial charge is 0.151 e. The Bertz CT molecular complexity index is 685. The van der Waals surface area contributed by atoms with Crippen molar-refractivity contribution in [3.05, 3.63) is 29.6 Å². The van der Waals surface area contributed by atoms with E-state index in [2.05, 4.69) is 5.32 Å². The van der Waals surface area contributed by atoms with Crippen LogP contribution in [-0.2, 0) is 20.3 Å². The van der Waals surface area contributed by atoms with E-state index in [1.54, 1.807) is 12.1 Å². The summed E-state index contributed by atoms with van der Waals surface area (Å²) in [6.07, 6.45) is 5.91. The molecule has 0 saturated heterocycles. The molecule has 2 aliphatic carbocycles. The van der Waals surface area contributed by atoms with Gasteiger partial charge in [0.15, 0.2) is 9.84 Å². The summed E-state index contributed by atoms with van der Waals surface area (Å²) in [5, 5.41) is 3.42. The van der Waals surface area contributed by atoms with Crippen molar-refractivity contribution in [1.82, 2.24) is 0 Å². The van der Waals surface area contributed by atoms with Gasteiger partial charge in [0.1, 0.15) is 5.82 Å². The van der Waals surface area contributed by atoms with E-state index in [1.807, 2.05) is 6.92 Å². The molecule has 0 amide bonds. The van der Waals surface area contributed by atoms with Crippen LogP contribution in [0, 0.1) is 11.2 Å². The highest BCUT2D eigenvalue weighted by Crippen LogP contribution is 2.58. The first-order valence-electron chi connectivity index (χ1n) is 8.18. The van der Waals surface area contributed by atoms with Crippen LogP contribution in [0.25, 0.3) is 0 Å². The van der Waals surface area contributed by atoms with Crippen LogP contribution in [0.2, 0.25) is 0 Å². The first kappa shape index (κ1) is 16.7. The molecular formula is C17H24FNO3S. The molecule has 4 nitrogen and oxygen atoms in total. The van der Waals surface area contributed by atoms with Gasteiger partial charge < -0.3 is 10.1 Å². The molecule has 0 unspecified atom stereocenters.